The van der Waals surface area contributed by atoms with Crippen molar-refractivity contribution in [2.24, 2.45) is 0 Å². The van der Waals surface area contributed by atoms with Gasteiger partial charge in [0.15, 0.2) is 0 Å². The van der Waals surface area contributed by atoms with Gasteiger partial charge in [-0.2, -0.15) is 18.3 Å². The van der Waals surface area contributed by atoms with E-state index in [2.05, 4.69) is 31.9 Å². The van der Waals surface area contributed by atoms with Crippen molar-refractivity contribution in [3.05, 3.63) is 78.4 Å². The van der Waals surface area contributed by atoms with Crippen molar-refractivity contribution in [2.75, 3.05) is 18.4 Å². The van der Waals surface area contributed by atoms with Gasteiger partial charge in [-0.1, -0.05) is 30.9 Å². The molecule has 0 saturated carbocycles. The Labute approximate surface area is 227 Å². The van der Waals surface area contributed by atoms with Crippen molar-refractivity contribution >= 4 is 34.2 Å². The van der Waals surface area contributed by atoms with E-state index in [1.54, 1.807) is 36.4 Å². The molecule has 40 heavy (non-hydrogen) atoms. The third-order valence-electron chi connectivity index (χ3n) is 6.89. The summed E-state index contributed by atoms with van der Waals surface area (Å²) in [6.07, 6.45) is 4.70. The molecule has 0 saturated heterocycles. The Morgan fingerprint density at radius 2 is 2.05 bits per heavy atom. The molecule has 9 nitrogen and oxygen atoms in total. The van der Waals surface area contributed by atoms with E-state index >= 15 is 0 Å². The maximum absolute atomic E-state index is 13.9. The summed E-state index contributed by atoms with van der Waals surface area (Å²) in [4.78, 5) is 37.7. The molecule has 1 aliphatic rings. The molecule has 3 aromatic heterocycles. The summed E-state index contributed by atoms with van der Waals surface area (Å²) in [7, 11) is 0. The smallest absolute Gasteiger partial charge is 0.360 e. The zero-order valence-corrected chi connectivity index (χ0v) is 21.8. The molecule has 206 valence electrons. The SMILES string of the molecule is C=CC(=O)N1CCC=C(c2cnn(C(C)C(=O)Nc3ncc(C(F)(F)F)c(-c4c[nH]c5c(C)cccc45)n3)c2)C1. The fraction of sp³-hybridized carbons (Fsp3) is 0.250. The van der Waals surface area contributed by atoms with Crippen molar-refractivity contribution in [1.82, 2.24) is 29.6 Å². The molecule has 0 radical (unpaired) electrons. The summed E-state index contributed by atoms with van der Waals surface area (Å²) in [5.74, 6) is -0.983. The second-order valence-corrected chi connectivity index (χ2v) is 9.51. The van der Waals surface area contributed by atoms with E-state index in [1.807, 2.05) is 19.1 Å². The van der Waals surface area contributed by atoms with Crippen LogP contribution in [-0.2, 0) is 15.8 Å². The number of nitrogens with one attached hydrogen (secondary N) is 2. The molecule has 2 amide bonds. The predicted octanol–water partition coefficient (Wildman–Crippen LogP) is 5.15. The Morgan fingerprint density at radius 3 is 2.80 bits per heavy atom. The molecule has 2 N–H and O–H groups in total. The maximum atomic E-state index is 13.9. The van der Waals surface area contributed by atoms with E-state index in [1.165, 1.54) is 17.0 Å². The zero-order valence-electron chi connectivity index (χ0n) is 21.8. The number of hydrogen-bond acceptors (Lipinski definition) is 5. The van der Waals surface area contributed by atoms with Gasteiger partial charge in [-0.15, -0.1) is 0 Å². The highest BCUT2D eigenvalue weighted by molar-refractivity contribution is 5.97. The normalized spacial score (nSPS) is 14.6. The molecule has 12 heteroatoms. The highest BCUT2D eigenvalue weighted by Crippen LogP contribution is 2.39. The number of aryl methyl sites for hydroxylation is 1. The topological polar surface area (TPSA) is 109 Å². The van der Waals surface area contributed by atoms with Gasteiger partial charge < -0.3 is 9.88 Å². The minimum Gasteiger partial charge on any atom is -0.360 e. The molecule has 1 atom stereocenters. The number of anilines is 1. The van der Waals surface area contributed by atoms with Gasteiger partial charge in [0.1, 0.15) is 11.6 Å². The standard InChI is InChI=1S/C28H26F3N7O2/c1-4-23(39)37-10-6-8-18(14-37)19-11-34-38(15-19)17(3)26(40)36-27-33-13-22(28(29,30)31)25(35-27)21-12-32-24-16(2)7-5-9-20(21)24/h4-5,7-9,11-13,15,17,32H,1,6,10,14H2,2-3H3,(H,33,35,36,40). The summed E-state index contributed by atoms with van der Waals surface area (Å²) in [6, 6.07) is 4.49. The molecule has 4 aromatic rings. The quantitative estimate of drug-likeness (QED) is 0.324. The molecular formula is C28H26F3N7O2. The van der Waals surface area contributed by atoms with Crippen LogP contribution in [0.5, 0.6) is 0 Å². The van der Waals surface area contributed by atoms with Gasteiger partial charge in [0.05, 0.1) is 11.9 Å². The number of fused-ring (bicyclic) bond motifs is 1. The largest absolute Gasteiger partial charge is 0.419 e. The van der Waals surface area contributed by atoms with Crippen LogP contribution < -0.4 is 5.32 Å². The van der Waals surface area contributed by atoms with E-state index in [4.69, 9.17) is 0 Å². The first-order valence-electron chi connectivity index (χ1n) is 12.5. The number of para-hydroxylation sites is 1. The first-order valence-corrected chi connectivity index (χ1v) is 12.5. The summed E-state index contributed by atoms with van der Waals surface area (Å²) in [5.41, 5.74) is 2.11. The van der Waals surface area contributed by atoms with E-state index in [0.717, 1.165) is 16.7 Å². The molecule has 1 aliphatic heterocycles. The highest BCUT2D eigenvalue weighted by atomic mass is 19.4. The molecule has 1 unspecified atom stereocenters. The van der Waals surface area contributed by atoms with Crippen LogP contribution in [0.25, 0.3) is 27.7 Å². The van der Waals surface area contributed by atoms with Crippen LogP contribution in [0.2, 0.25) is 0 Å². The van der Waals surface area contributed by atoms with Crippen LogP contribution in [0.4, 0.5) is 19.1 Å². The minimum atomic E-state index is -4.70. The summed E-state index contributed by atoms with van der Waals surface area (Å²) >= 11 is 0. The third kappa shape index (κ3) is 5.12. The average Bonchev–Trinajstić information content (AvgIpc) is 3.60. The van der Waals surface area contributed by atoms with Crippen LogP contribution in [0, 0.1) is 6.92 Å². The monoisotopic (exact) mass is 549 g/mol. The van der Waals surface area contributed by atoms with Crippen LogP contribution in [0.3, 0.4) is 0 Å². The lowest BCUT2D eigenvalue weighted by molar-refractivity contribution is -0.137. The Kier molecular flexibility index (Phi) is 7.01. The first-order chi connectivity index (χ1) is 19.1. The number of benzene rings is 1. The fourth-order valence-corrected chi connectivity index (χ4v) is 4.68. The molecule has 0 spiro atoms. The summed E-state index contributed by atoms with van der Waals surface area (Å²) in [6.45, 7) is 7.97. The number of hydrogen-bond donors (Lipinski definition) is 2. The van der Waals surface area contributed by atoms with Crippen LogP contribution in [0.1, 0.15) is 36.1 Å². The van der Waals surface area contributed by atoms with Gasteiger partial charge in [0.2, 0.25) is 11.9 Å². The third-order valence-corrected chi connectivity index (χ3v) is 6.89. The van der Waals surface area contributed by atoms with Crippen molar-refractivity contribution in [1.29, 1.82) is 0 Å². The zero-order chi connectivity index (χ0) is 28.6. The number of carbonyl (C=O) groups excluding carboxylic acids is 2. The molecular weight excluding hydrogens is 523 g/mol. The maximum Gasteiger partial charge on any atom is 0.419 e. The van der Waals surface area contributed by atoms with Gasteiger partial charge in [-0.3, -0.25) is 19.6 Å². The second-order valence-electron chi connectivity index (χ2n) is 9.51. The van der Waals surface area contributed by atoms with Gasteiger partial charge in [-0.05, 0) is 37.5 Å². The molecule has 1 aromatic carbocycles. The number of rotatable bonds is 6. The van der Waals surface area contributed by atoms with Crippen molar-refractivity contribution in [3.63, 3.8) is 0 Å². The van der Waals surface area contributed by atoms with Gasteiger partial charge in [0.25, 0.3) is 5.91 Å². The van der Waals surface area contributed by atoms with Gasteiger partial charge in [-0.25, -0.2) is 9.97 Å². The van der Waals surface area contributed by atoms with Crippen molar-refractivity contribution in [3.8, 4) is 11.3 Å². The summed E-state index contributed by atoms with van der Waals surface area (Å²) < 4.78 is 43.1. The molecule has 5 rings (SSSR count). The van der Waals surface area contributed by atoms with E-state index in [9.17, 15) is 22.8 Å². The van der Waals surface area contributed by atoms with Crippen molar-refractivity contribution < 1.29 is 22.8 Å². The molecule has 4 heterocycles. The van der Waals surface area contributed by atoms with Gasteiger partial charge in [0, 0.05) is 53.7 Å². The number of aromatic nitrogens is 5. The number of carbonyl (C=O) groups is 2. The molecule has 0 aliphatic carbocycles. The highest BCUT2D eigenvalue weighted by Gasteiger charge is 2.36. The Balaban J connectivity index is 1.39. The number of alkyl halides is 3. The number of H-pyrrole nitrogens is 1. The van der Waals surface area contributed by atoms with E-state index in [0.29, 0.717) is 36.6 Å². The van der Waals surface area contributed by atoms with Crippen LogP contribution in [-0.4, -0.2) is 54.5 Å². The second kappa shape index (κ2) is 10.4. The van der Waals surface area contributed by atoms with E-state index < -0.39 is 23.7 Å². The summed E-state index contributed by atoms with van der Waals surface area (Å²) in [5, 5.41) is 7.38. The Morgan fingerprint density at radius 1 is 1.25 bits per heavy atom. The molecule has 0 fully saturated rings. The first kappa shape index (κ1) is 26.9. The minimum absolute atomic E-state index is 0.163. The number of nitrogens with zero attached hydrogens (tertiary/aromatic N) is 5. The fourth-order valence-electron chi connectivity index (χ4n) is 4.68. The lowest BCUT2D eigenvalue weighted by Gasteiger charge is -2.26. The van der Waals surface area contributed by atoms with Crippen LogP contribution in [0.15, 0.2) is 61.7 Å². The molecule has 0 bridgehead atoms. The predicted molar refractivity (Wildman–Crippen MR) is 144 cm³/mol. The Bertz CT molecular complexity index is 1650. The van der Waals surface area contributed by atoms with Crippen LogP contribution >= 0.6 is 0 Å². The average molecular weight is 550 g/mol. The van der Waals surface area contributed by atoms with Crippen molar-refractivity contribution in [2.45, 2.75) is 32.5 Å². The van der Waals surface area contributed by atoms with Gasteiger partial charge >= 0.3 is 6.18 Å². The number of halogens is 3. The number of aromatic amines is 1. The Hall–Kier alpha value is -4.74. The number of amides is 2. The lowest BCUT2D eigenvalue weighted by atomic mass is 10.0. The lowest BCUT2D eigenvalue weighted by Crippen LogP contribution is -2.34. The van der Waals surface area contributed by atoms with E-state index in [-0.39, 0.29) is 23.1 Å².